The molecule has 3 heterocycles. The van der Waals surface area contributed by atoms with Gasteiger partial charge >= 0.3 is 5.97 Å². The van der Waals surface area contributed by atoms with E-state index in [2.05, 4.69) is 17.0 Å². The Morgan fingerprint density at radius 1 is 1.16 bits per heavy atom. The maximum atomic E-state index is 13.5. The van der Waals surface area contributed by atoms with Gasteiger partial charge in [0.2, 0.25) is 0 Å². The number of aromatic nitrogens is 1. The van der Waals surface area contributed by atoms with Crippen molar-refractivity contribution < 1.29 is 14.6 Å². The molecule has 0 spiro atoms. The van der Waals surface area contributed by atoms with Crippen molar-refractivity contribution >= 4 is 11.5 Å². The predicted octanol–water partition coefficient (Wildman–Crippen LogP) is 3.52. The zero-order chi connectivity index (χ0) is 22.2. The fourth-order valence-electron chi connectivity index (χ4n) is 6.90. The number of hydrogen-bond acceptors (Lipinski definition) is 5. The van der Waals surface area contributed by atoms with E-state index in [0.717, 1.165) is 37.1 Å². The fraction of sp³-hybridized carbons (Fsp3) is 0.692. The molecule has 174 valence electrons. The summed E-state index contributed by atoms with van der Waals surface area (Å²) in [6.45, 7) is 1.33. The van der Waals surface area contributed by atoms with E-state index in [1.165, 1.54) is 51.2 Å². The Bertz CT molecular complexity index is 946. The van der Waals surface area contributed by atoms with Crippen molar-refractivity contribution in [3.05, 3.63) is 39.8 Å². The Morgan fingerprint density at radius 2 is 1.97 bits per heavy atom. The molecular weight excluding hydrogens is 404 g/mol. The van der Waals surface area contributed by atoms with Gasteiger partial charge in [-0.05, 0) is 62.1 Å². The number of likely N-dealkylation sites (tertiary alicyclic amines) is 1. The van der Waals surface area contributed by atoms with Gasteiger partial charge in [0, 0.05) is 42.8 Å². The van der Waals surface area contributed by atoms with Gasteiger partial charge in [0.05, 0.1) is 13.2 Å². The number of carbonyl (C=O) groups is 1. The van der Waals surface area contributed by atoms with Crippen molar-refractivity contribution in [2.45, 2.75) is 76.4 Å². The zero-order valence-electron chi connectivity index (χ0n) is 19.2. The van der Waals surface area contributed by atoms with Crippen LogP contribution in [0, 0.1) is 17.8 Å². The van der Waals surface area contributed by atoms with E-state index in [0.29, 0.717) is 12.5 Å². The van der Waals surface area contributed by atoms with E-state index < -0.39 is 6.04 Å². The number of ether oxygens (including phenoxy) is 1. The van der Waals surface area contributed by atoms with Gasteiger partial charge in [-0.1, -0.05) is 25.3 Å². The minimum Gasteiger partial charge on any atom is -0.468 e. The van der Waals surface area contributed by atoms with Crippen molar-refractivity contribution in [3.63, 3.8) is 0 Å². The Balaban J connectivity index is 1.53. The van der Waals surface area contributed by atoms with Crippen LogP contribution < -0.4 is 5.56 Å². The van der Waals surface area contributed by atoms with Crippen LogP contribution in [0.5, 0.6) is 0 Å². The number of nitrogens with zero attached hydrogens (tertiary/aromatic N) is 2. The first-order valence-electron chi connectivity index (χ1n) is 12.5. The normalized spacial score (nSPS) is 30.6. The van der Waals surface area contributed by atoms with E-state index in [-0.39, 0.29) is 36.0 Å². The van der Waals surface area contributed by atoms with E-state index in [4.69, 9.17) is 4.74 Å². The van der Waals surface area contributed by atoms with E-state index in [1.807, 2.05) is 10.6 Å². The summed E-state index contributed by atoms with van der Waals surface area (Å²) in [5.41, 5.74) is 3.10. The molecule has 1 aromatic heterocycles. The van der Waals surface area contributed by atoms with Crippen LogP contribution in [0.15, 0.2) is 23.0 Å². The number of hydrogen-bond donors (Lipinski definition) is 1. The molecular formula is C26H36N2O4. The average molecular weight is 441 g/mol. The van der Waals surface area contributed by atoms with Gasteiger partial charge in [0.15, 0.2) is 0 Å². The molecule has 2 aliphatic carbocycles. The Labute approximate surface area is 190 Å². The third kappa shape index (κ3) is 3.65. The number of carbonyl (C=O) groups excluding carboxylic acids is 1. The molecule has 2 aliphatic heterocycles. The first-order chi connectivity index (χ1) is 15.6. The second kappa shape index (κ2) is 9.14. The first kappa shape index (κ1) is 21.9. The smallest absolute Gasteiger partial charge is 0.323 e. The highest BCUT2D eigenvalue weighted by atomic mass is 16.5. The highest BCUT2D eigenvalue weighted by Crippen LogP contribution is 2.50. The highest BCUT2D eigenvalue weighted by Gasteiger charge is 2.56. The van der Waals surface area contributed by atoms with Crippen LogP contribution in [0.3, 0.4) is 0 Å². The summed E-state index contributed by atoms with van der Waals surface area (Å²) in [6.07, 6.45) is 12.7. The quantitative estimate of drug-likeness (QED) is 0.710. The van der Waals surface area contributed by atoms with Gasteiger partial charge in [-0.25, -0.2) is 0 Å². The standard InChI is InChI=1S/C26H36N2O4/c1-32-26(31)24-21(16-29)20-15-27-22(23(20)28(24)14-17-8-4-2-5-9-17)13-12-19(25(27)30)18-10-6-3-7-11-18/h10,12-13,17,20-21,23-24,29H,2-9,11,14-16H2,1H3/t20-,21-,23+,24-/m1/s1. The van der Waals surface area contributed by atoms with E-state index in [9.17, 15) is 14.7 Å². The number of allylic oxidation sites excluding steroid dienone is 2. The van der Waals surface area contributed by atoms with Crippen LogP contribution in [-0.2, 0) is 16.1 Å². The molecule has 1 saturated heterocycles. The van der Waals surface area contributed by atoms with E-state index >= 15 is 0 Å². The number of methoxy groups -OCH3 is 1. The summed E-state index contributed by atoms with van der Waals surface area (Å²) in [4.78, 5) is 28.6. The molecule has 4 aliphatic rings. The van der Waals surface area contributed by atoms with Crippen LogP contribution in [-0.4, -0.2) is 46.8 Å². The molecule has 1 N–H and O–H groups in total. The number of esters is 1. The molecule has 0 amide bonds. The summed E-state index contributed by atoms with van der Waals surface area (Å²) in [6, 6.07) is 3.66. The SMILES string of the molecule is COC(=O)[C@H]1[C@H](CO)[C@H]2Cn3c(ccc(C4=CCCCC4)c3=O)[C@H]2N1CC1CCCCC1. The molecule has 0 unspecified atom stereocenters. The van der Waals surface area contributed by atoms with Crippen molar-refractivity contribution in [3.8, 4) is 0 Å². The molecule has 0 radical (unpaired) electrons. The zero-order valence-corrected chi connectivity index (χ0v) is 19.2. The van der Waals surface area contributed by atoms with Crippen molar-refractivity contribution in [2.75, 3.05) is 20.3 Å². The lowest BCUT2D eigenvalue weighted by molar-refractivity contribution is -0.148. The first-order valence-corrected chi connectivity index (χ1v) is 12.5. The third-order valence-corrected chi connectivity index (χ3v) is 8.46. The largest absolute Gasteiger partial charge is 0.468 e. The Morgan fingerprint density at radius 3 is 2.66 bits per heavy atom. The summed E-state index contributed by atoms with van der Waals surface area (Å²) >= 11 is 0. The van der Waals surface area contributed by atoms with Crippen LogP contribution in [0.25, 0.3) is 5.57 Å². The van der Waals surface area contributed by atoms with Gasteiger partial charge in [-0.2, -0.15) is 0 Å². The number of fused-ring (bicyclic) bond motifs is 3. The molecule has 1 saturated carbocycles. The summed E-state index contributed by atoms with van der Waals surface area (Å²) in [5, 5.41) is 10.3. The Hall–Kier alpha value is -1.92. The minimum atomic E-state index is -0.438. The van der Waals surface area contributed by atoms with Gasteiger partial charge < -0.3 is 14.4 Å². The van der Waals surface area contributed by atoms with Crippen LogP contribution in [0.2, 0.25) is 0 Å². The lowest BCUT2D eigenvalue weighted by atomic mass is 9.88. The summed E-state index contributed by atoms with van der Waals surface area (Å²) < 4.78 is 7.13. The topological polar surface area (TPSA) is 71.8 Å². The molecule has 0 bridgehead atoms. The highest BCUT2D eigenvalue weighted by molar-refractivity contribution is 5.77. The second-order valence-electron chi connectivity index (χ2n) is 10.2. The Kier molecular flexibility index (Phi) is 6.26. The molecule has 5 rings (SSSR count). The molecule has 32 heavy (non-hydrogen) atoms. The number of pyridine rings is 1. The van der Waals surface area contributed by atoms with Crippen molar-refractivity contribution in [2.24, 2.45) is 17.8 Å². The number of aliphatic hydroxyl groups is 1. The van der Waals surface area contributed by atoms with Gasteiger partial charge in [0.25, 0.3) is 5.56 Å². The van der Waals surface area contributed by atoms with Gasteiger partial charge in [-0.15, -0.1) is 0 Å². The average Bonchev–Trinajstić information content (AvgIpc) is 3.35. The van der Waals surface area contributed by atoms with Crippen LogP contribution >= 0.6 is 0 Å². The molecule has 4 atom stereocenters. The van der Waals surface area contributed by atoms with Crippen LogP contribution in [0.4, 0.5) is 0 Å². The number of rotatable bonds is 5. The van der Waals surface area contributed by atoms with Gasteiger partial charge in [-0.3, -0.25) is 14.5 Å². The lowest BCUT2D eigenvalue weighted by Crippen LogP contribution is -2.45. The lowest BCUT2D eigenvalue weighted by Gasteiger charge is -2.34. The van der Waals surface area contributed by atoms with Crippen LogP contribution in [0.1, 0.15) is 75.1 Å². The maximum absolute atomic E-state index is 13.5. The van der Waals surface area contributed by atoms with Gasteiger partial charge in [0.1, 0.15) is 6.04 Å². The molecule has 1 aromatic rings. The second-order valence-corrected chi connectivity index (χ2v) is 10.2. The molecule has 2 fully saturated rings. The number of aliphatic hydroxyl groups excluding tert-OH is 1. The monoisotopic (exact) mass is 440 g/mol. The molecule has 6 heteroatoms. The fourth-order valence-corrected chi connectivity index (χ4v) is 6.90. The summed E-state index contributed by atoms with van der Waals surface area (Å²) in [5.74, 6) is 0.136. The molecule has 0 aromatic carbocycles. The maximum Gasteiger partial charge on any atom is 0.323 e. The predicted molar refractivity (Wildman–Crippen MR) is 123 cm³/mol. The molecule has 6 nitrogen and oxygen atoms in total. The van der Waals surface area contributed by atoms with E-state index in [1.54, 1.807) is 0 Å². The third-order valence-electron chi connectivity index (χ3n) is 8.46. The minimum absolute atomic E-state index is 0.0136. The van der Waals surface area contributed by atoms with Crippen molar-refractivity contribution in [1.82, 2.24) is 9.47 Å². The summed E-state index contributed by atoms with van der Waals surface area (Å²) in [7, 11) is 1.44. The van der Waals surface area contributed by atoms with Crippen molar-refractivity contribution in [1.29, 1.82) is 0 Å².